The van der Waals surface area contributed by atoms with Crippen LogP contribution in [0.3, 0.4) is 0 Å². The Bertz CT molecular complexity index is 1760. The Morgan fingerprint density at radius 1 is 0.652 bits per heavy atom. The molecule has 4 rings (SSSR count). The van der Waals surface area contributed by atoms with E-state index in [1.54, 1.807) is 36.7 Å². The topological polar surface area (TPSA) is 257 Å². The van der Waals surface area contributed by atoms with Crippen molar-refractivity contribution in [2.45, 2.75) is 56.3 Å². The molecule has 0 aliphatic rings. The zero-order valence-corrected chi connectivity index (χ0v) is 24.5. The number of rotatable bonds is 16. The van der Waals surface area contributed by atoms with Gasteiger partial charge in [0.1, 0.15) is 18.1 Å². The van der Waals surface area contributed by atoms with Crippen molar-refractivity contribution < 1.29 is 44.1 Å². The highest BCUT2D eigenvalue weighted by molar-refractivity contribution is 5.96. The highest BCUT2D eigenvalue weighted by Crippen LogP contribution is 2.20. The van der Waals surface area contributed by atoms with Gasteiger partial charge in [-0.05, 0) is 36.1 Å². The molecule has 10 N–H and O–H groups in total. The summed E-state index contributed by atoms with van der Waals surface area (Å²) in [7, 11) is 0. The molecule has 2 aromatic carbocycles. The monoisotopic (exact) mass is 634 g/mol. The molecule has 0 radical (unpaired) electrons. The number of nitrogens with two attached hydrogens (primary N) is 1. The van der Waals surface area contributed by atoms with E-state index in [1.165, 1.54) is 0 Å². The summed E-state index contributed by atoms with van der Waals surface area (Å²) in [4.78, 5) is 80.5. The van der Waals surface area contributed by atoms with Crippen molar-refractivity contribution in [2.24, 2.45) is 5.73 Å². The Hall–Kier alpha value is -5.70. The number of amides is 3. The molecule has 15 heteroatoms. The normalized spacial score (nSPS) is 13.8. The number of carboxylic acid groups (broad SMARTS) is 3. The van der Waals surface area contributed by atoms with Crippen LogP contribution in [0.15, 0.2) is 60.9 Å². The van der Waals surface area contributed by atoms with Crippen LogP contribution in [-0.4, -0.2) is 85.1 Å². The summed E-state index contributed by atoms with van der Waals surface area (Å²) in [5.41, 5.74) is 9.00. The van der Waals surface area contributed by atoms with Gasteiger partial charge in [-0.25, -0.2) is 4.79 Å². The van der Waals surface area contributed by atoms with Crippen LogP contribution < -0.4 is 21.7 Å². The van der Waals surface area contributed by atoms with Gasteiger partial charge in [-0.3, -0.25) is 24.0 Å². The molecule has 4 unspecified atom stereocenters. The Kier molecular flexibility index (Phi) is 10.7. The number of fused-ring (bicyclic) bond motifs is 2. The highest BCUT2D eigenvalue weighted by Gasteiger charge is 2.32. The quantitative estimate of drug-likeness (QED) is 0.0831. The molecule has 46 heavy (non-hydrogen) atoms. The molecule has 3 amide bonds. The lowest BCUT2D eigenvalue weighted by Gasteiger charge is -2.24. The first kappa shape index (κ1) is 33.2. The number of aromatic nitrogens is 2. The molecule has 0 fully saturated rings. The molecule has 0 bridgehead atoms. The fourth-order valence-corrected chi connectivity index (χ4v) is 5.09. The van der Waals surface area contributed by atoms with Gasteiger partial charge in [-0.15, -0.1) is 0 Å². The van der Waals surface area contributed by atoms with Gasteiger partial charge in [-0.1, -0.05) is 36.4 Å². The summed E-state index contributed by atoms with van der Waals surface area (Å²) in [6, 6.07) is 8.60. The second kappa shape index (κ2) is 14.9. The largest absolute Gasteiger partial charge is 0.481 e. The van der Waals surface area contributed by atoms with E-state index in [-0.39, 0.29) is 12.8 Å². The van der Waals surface area contributed by atoms with E-state index in [0.717, 1.165) is 27.4 Å². The molecular formula is C31H34N6O9. The van der Waals surface area contributed by atoms with Crippen molar-refractivity contribution in [3.05, 3.63) is 72.1 Å². The van der Waals surface area contributed by atoms with E-state index < -0.39 is 79.1 Å². The number of aliphatic carboxylic acids is 3. The third-order valence-corrected chi connectivity index (χ3v) is 7.46. The van der Waals surface area contributed by atoms with Gasteiger partial charge in [0.25, 0.3) is 0 Å². The number of para-hydroxylation sites is 2. The lowest BCUT2D eigenvalue weighted by atomic mass is 10.0. The van der Waals surface area contributed by atoms with Crippen molar-refractivity contribution in [1.82, 2.24) is 25.9 Å². The third kappa shape index (κ3) is 8.47. The maximum atomic E-state index is 13.2. The van der Waals surface area contributed by atoms with Gasteiger partial charge >= 0.3 is 17.9 Å². The predicted octanol–water partition coefficient (Wildman–Crippen LogP) is 0.640. The minimum Gasteiger partial charge on any atom is -0.481 e. The van der Waals surface area contributed by atoms with E-state index in [2.05, 4.69) is 25.9 Å². The Labute approximate surface area is 261 Å². The molecular weight excluding hydrogens is 600 g/mol. The van der Waals surface area contributed by atoms with Crippen molar-refractivity contribution in [3.8, 4) is 0 Å². The van der Waals surface area contributed by atoms with Crippen LogP contribution in [0.25, 0.3) is 21.8 Å². The van der Waals surface area contributed by atoms with Gasteiger partial charge in [0, 0.05) is 47.0 Å². The van der Waals surface area contributed by atoms with Crippen LogP contribution >= 0.6 is 0 Å². The first-order chi connectivity index (χ1) is 21.9. The number of hydrogen-bond acceptors (Lipinski definition) is 7. The van der Waals surface area contributed by atoms with Crippen LogP contribution in [-0.2, 0) is 41.6 Å². The number of carbonyl (C=O) groups is 6. The van der Waals surface area contributed by atoms with Crippen LogP contribution in [0.4, 0.5) is 0 Å². The molecule has 0 aliphatic heterocycles. The lowest BCUT2D eigenvalue weighted by Crippen LogP contribution is -2.57. The standard InChI is InChI=1S/C31H34N6O9/c32-20(11-16-14-33-21-7-3-1-5-18(16)21)28(42)36-24(13-27(40)41)30(44)35-23(9-10-26(38)39)29(43)37-25(31(45)46)12-17-15-34-22-8-4-2-6-19(17)22/h1-8,14-15,20,23-25,33-34H,9-13,32H2,(H,35,44)(H,36,42)(H,37,43)(H,38,39)(H,40,41)(H,45,46). The predicted molar refractivity (Wildman–Crippen MR) is 165 cm³/mol. The molecule has 0 spiro atoms. The zero-order chi connectivity index (χ0) is 33.4. The van der Waals surface area contributed by atoms with E-state index in [9.17, 15) is 44.1 Å². The smallest absolute Gasteiger partial charge is 0.326 e. The second-order valence-corrected chi connectivity index (χ2v) is 10.8. The lowest BCUT2D eigenvalue weighted by molar-refractivity contribution is -0.143. The van der Waals surface area contributed by atoms with Gasteiger partial charge in [0.2, 0.25) is 17.7 Å². The Morgan fingerprint density at radius 2 is 1.15 bits per heavy atom. The maximum absolute atomic E-state index is 13.2. The van der Waals surface area contributed by atoms with Crippen molar-refractivity contribution >= 4 is 57.4 Å². The van der Waals surface area contributed by atoms with E-state index in [4.69, 9.17) is 5.73 Å². The second-order valence-electron chi connectivity index (χ2n) is 10.8. The molecule has 15 nitrogen and oxygen atoms in total. The van der Waals surface area contributed by atoms with Gasteiger partial charge in [0.15, 0.2) is 0 Å². The first-order valence-corrected chi connectivity index (χ1v) is 14.4. The Balaban J connectivity index is 1.46. The molecule has 0 saturated carbocycles. The van der Waals surface area contributed by atoms with Gasteiger partial charge in [0.05, 0.1) is 12.5 Å². The third-order valence-electron chi connectivity index (χ3n) is 7.46. The number of carboxylic acids is 3. The SMILES string of the molecule is NC(Cc1c[nH]c2ccccc12)C(=O)NC(CC(=O)O)C(=O)NC(CCC(=O)O)C(=O)NC(Cc1c[nH]c2ccccc12)C(=O)O. The minimum absolute atomic E-state index is 0.0634. The summed E-state index contributed by atoms with van der Waals surface area (Å²) in [5, 5.41) is 37.0. The van der Waals surface area contributed by atoms with Crippen molar-refractivity contribution in [3.63, 3.8) is 0 Å². The zero-order valence-electron chi connectivity index (χ0n) is 24.5. The fourth-order valence-electron chi connectivity index (χ4n) is 5.09. The molecule has 2 aromatic heterocycles. The van der Waals surface area contributed by atoms with Crippen LogP contribution in [0, 0.1) is 0 Å². The molecule has 4 atom stereocenters. The van der Waals surface area contributed by atoms with E-state index >= 15 is 0 Å². The summed E-state index contributed by atoms with van der Waals surface area (Å²) in [6.07, 6.45) is 1.34. The number of carbonyl (C=O) groups excluding carboxylic acids is 3. The molecule has 0 saturated heterocycles. The van der Waals surface area contributed by atoms with Crippen molar-refractivity contribution in [2.75, 3.05) is 0 Å². The van der Waals surface area contributed by atoms with Gasteiger partial charge < -0.3 is 47.0 Å². The van der Waals surface area contributed by atoms with E-state index in [1.807, 2.05) is 24.3 Å². The van der Waals surface area contributed by atoms with Crippen LogP contribution in [0.5, 0.6) is 0 Å². The summed E-state index contributed by atoms with van der Waals surface area (Å²) in [5.74, 6) is -7.03. The summed E-state index contributed by atoms with van der Waals surface area (Å²) < 4.78 is 0. The molecule has 242 valence electrons. The highest BCUT2D eigenvalue weighted by atomic mass is 16.4. The number of benzene rings is 2. The van der Waals surface area contributed by atoms with Crippen molar-refractivity contribution in [1.29, 1.82) is 0 Å². The number of nitrogens with one attached hydrogen (secondary N) is 5. The number of H-pyrrole nitrogens is 2. The maximum Gasteiger partial charge on any atom is 0.326 e. The van der Waals surface area contributed by atoms with Gasteiger partial charge in [-0.2, -0.15) is 0 Å². The minimum atomic E-state index is -1.68. The first-order valence-electron chi connectivity index (χ1n) is 14.4. The Morgan fingerprint density at radius 3 is 1.70 bits per heavy atom. The fraction of sp³-hybridized carbons (Fsp3) is 0.290. The van der Waals surface area contributed by atoms with Crippen LogP contribution in [0.2, 0.25) is 0 Å². The summed E-state index contributed by atoms with van der Waals surface area (Å²) in [6.45, 7) is 0. The summed E-state index contributed by atoms with van der Waals surface area (Å²) >= 11 is 0. The average molecular weight is 635 g/mol. The molecule has 0 aliphatic carbocycles. The molecule has 2 heterocycles. The number of hydrogen-bond donors (Lipinski definition) is 9. The average Bonchev–Trinajstić information content (AvgIpc) is 3.62. The molecule has 4 aromatic rings. The van der Waals surface area contributed by atoms with Crippen LogP contribution in [0.1, 0.15) is 30.4 Å². The van der Waals surface area contributed by atoms with E-state index in [0.29, 0.717) is 5.56 Å². The number of aromatic amines is 2.